The van der Waals surface area contributed by atoms with E-state index in [-0.39, 0.29) is 11.7 Å². The number of aromatic nitrogens is 1. The molecule has 2 aromatic rings. The second kappa shape index (κ2) is 7.25. The van der Waals surface area contributed by atoms with Crippen molar-refractivity contribution in [3.63, 3.8) is 0 Å². The van der Waals surface area contributed by atoms with Crippen molar-refractivity contribution in [3.8, 4) is 28.8 Å². The molecule has 1 atom stereocenters. The van der Waals surface area contributed by atoms with E-state index in [2.05, 4.69) is 4.98 Å². The summed E-state index contributed by atoms with van der Waals surface area (Å²) < 4.78 is 10.4. The SMILES string of the molecule is COc1ccc(-c2csc([C@@H](C#N)C(=O)CCl)n2)cc1OC. The highest BCUT2D eigenvalue weighted by atomic mass is 35.5. The van der Waals surface area contributed by atoms with Crippen molar-refractivity contribution < 1.29 is 14.3 Å². The highest BCUT2D eigenvalue weighted by Crippen LogP contribution is 2.33. The second-order valence-electron chi connectivity index (χ2n) is 4.30. The van der Waals surface area contributed by atoms with Gasteiger partial charge in [0.1, 0.15) is 5.01 Å². The van der Waals surface area contributed by atoms with Crippen molar-refractivity contribution in [1.82, 2.24) is 4.98 Å². The fourth-order valence-electron chi connectivity index (χ4n) is 1.89. The molecule has 0 bridgehead atoms. The number of alkyl halides is 1. The van der Waals surface area contributed by atoms with Crippen LogP contribution in [0.4, 0.5) is 0 Å². The van der Waals surface area contributed by atoms with Crippen LogP contribution in [0.2, 0.25) is 0 Å². The first-order valence-electron chi connectivity index (χ1n) is 6.30. The number of nitrogens with zero attached hydrogens (tertiary/aromatic N) is 2. The maximum Gasteiger partial charge on any atom is 0.171 e. The minimum absolute atomic E-state index is 0.205. The Morgan fingerprint density at radius 3 is 2.73 bits per heavy atom. The third-order valence-electron chi connectivity index (χ3n) is 3.03. The van der Waals surface area contributed by atoms with Gasteiger partial charge in [-0.3, -0.25) is 4.79 Å². The van der Waals surface area contributed by atoms with Crippen molar-refractivity contribution in [3.05, 3.63) is 28.6 Å². The number of carbonyl (C=O) groups is 1. The predicted molar refractivity (Wildman–Crippen MR) is 84.7 cm³/mol. The van der Waals surface area contributed by atoms with E-state index in [9.17, 15) is 4.79 Å². The molecule has 114 valence electrons. The monoisotopic (exact) mass is 336 g/mol. The summed E-state index contributed by atoms with van der Waals surface area (Å²) in [5.74, 6) is -0.269. The average Bonchev–Trinajstić information content (AvgIpc) is 3.04. The van der Waals surface area contributed by atoms with E-state index in [4.69, 9.17) is 26.3 Å². The summed E-state index contributed by atoms with van der Waals surface area (Å²) in [5.41, 5.74) is 1.48. The smallest absolute Gasteiger partial charge is 0.171 e. The van der Waals surface area contributed by atoms with E-state index in [0.29, 0.717) is 22.2 Å². The van der Waals surface area contributed by atoms with Crippen LogP contribution in [-0.4, -0.2) is 30.9 Å². The van der Waals surface area contributed by atoms with Gasteiger partial charge < -0.3 is 9.47 Å². The lowest BCUT2D eigenvalue weighted by atomic mass is 10.1. The van der Waals surface area contributed by atoms with Gasteiger partial charge in [-0.15, -0.1) is 22.9 Å². The van der Waals surface area contributed by atoms with Gasteiger partial charge in [-0.1, -0.05) is 0 Å². The van der Waals surface area contributed by atoms with Crippen LogP contribution >= 0.6 is 22.9 Å². The number of methoxy groups -OCH3 is 2. The molecular formula is C15H13ClN2O3S. The van der Waals surface area contributed by atoms with Crippen LogP contribution in [0, 0.1) is 11.3 Å². The summed E-state index contributed by atoms with van der Waals surface area (Å²) in [7, 11) is 3.12. The van der Waals surface area contributed by atoms with Gasteiger partial charge in [-0.25, -0.2) is 4.98 Å². The topological polar surface area (TPSA) is 72.2 Å². The molecule has 0 aliphatic carbocycles. The highest BCUT2D eigenvalue weighted by Gasteiger charge is 2.23. The van der Waals surface area contributed by atoms with Crippen LogP contribution in [0.5, 0.6) is 11.5 Å². The van der Waals surface area contributed by atoms with Crippen LogP contribution in [0.25, 0.3) is 11.3 Å². The zero-order valence-corrected chi connectivity index (χ0v) is 13.6. The predicted octanol–water partition coefficient (Wildman–Crippen LogP) is 3.24. The molecule has 0 radical (unpaired) electrons. The number of ketones is 1. The summed E-state index contributed by atoms with van der Waals surface area (Å²) >= 11 is 6.78. The number of hydrogen-bond donors (Lipinski definition) is 0. The number of hydrogen-bond acceptors (Lipinski definition) is 6. The van der Waals surface area contributed by atoms with E-state index in [1.807, 2.05) is 12.1 Å². The van der Waals surface area contributed by atoms with Gasteiger partial charge in [0, 0.05) is 10.9 Å². The van der Waals surface area contributed by atoms with E-state index in [1.54, 1.807) is 31.7 Å². The maximum atomic E-state index is 11.6. The van der Waals surface area contributed by atoms with E-state index >= 15 is 0 Å². The zero-order chi connectivity index (χ0) is 16.1. The standard InChI is InChI=1S/C15H13ClN2O3S/c1-20-13-4-3-9(5-14(13)21-2)11-8-22-15(18-11)10(7-17)12(19)6-16/h3-5,8,10H,6H2,1-2H3/t10-/m0/s1. The number of halogens is 1. The van der Waals surface area contributed by atoms with E-state index in [1.165, 1.54) is 11.3 Å². The molecule has 2 rings (SSSR count). The Bertz CT molecular complexity index is 724. The van der Waals surface area contributed by atoms with Gasteiger partial charge in [-0.2, -0.15) is 5.26 Å². The van der Waals surface area contributed by atoms with Gasteiger partial charge in [0.2, 0.25) is 0 Å². The molecule has 7 heteroatoms. The maximum absolute atomic E-state index is 11.6. The van der Waals surface area contributed by atoms with E-state index < -0.39 is 5.92 Å². The van der Waals surface area contributed by atoms with Crippen molar-refractivity contribution in [2.24, 2.45) is 0 Å². The van der Waals surface area contributed by atoms with Crippen LogP contribution in [0.3, 0.4) is 0 Å². The average molecular weight is 337 g/mol. The Kier molecular flexibility index (Phi) is 5.36. The normalized spacial score (nSPS) is 11.5. The molecule has 0 spiro atoms. The molecule has 0 aliphatic rings. The molecule has 0 fully saturated rings. The Morgan fingerprint density at radius 1 is 1.41 bits per heavy atom. The number of benzene rings is 1. The lowest BCUT2D eigenvalue weighted by Crippen LogP contribution is -2.11. The Labute approximate surface area is 137 Å². The lowest BCUT2D eigenvalue weighted by molar-refractivity contribution is -0.117. The van der Waals surface area contributed by atoms with Crippen molar-refractivity contribution >= 4 is 28.7 Å². The first-order chi connectivity index (χ1) is 10.6. The number of carbonyl (C=O) groups excluding carboxylic acids is 1. The number of ether oxygens (including phenoxy) is 2. The zero-order valence-electron chi connectivity index (χ0n) is 12.0. The summed E-state index contributed by atoms with van der Waals surface area (Å²) in [4.78, 5) is 16.0. The molecule has 22 heavy (non-hydrogen) atoms. The van der Waals surface area contributed by atoms with Gasteiger partial charge >= 0.3 is 0 Å². The molecule has 0 saturated carbocycles. The molecule has 5 nitrogen and oxygen atoms in total. The number of rotatable bonds is 6. The Balaban J connectivity index is 2.36. The van der Waals surface area contributed by atoms with Crippen molar-refractivity contribution in [1.29, 1.82) is 5.26 Å². The number of nitriles is 1. The Hall–Kier alpha value is -2.10. The molecule has 0 N–H and O–H groups in total. The van der Waals surface area contributed by atoms with Gasteiger partial charge in [-0.05, 0) is 18.2 Å². The van der Waals surface area contributed by atoms with Crippen molar-refractivity contribution in [2.45, 2.75) is 5.92 Å². The third-order valence-corrected chi connectivity index (χ3v) is 4.20. The molecule has 0 amide bonds. The Morgan fingerprint density at radius 2 is 2.14 bits per heavy atom. The van der Waals surface area contributed by atoms with Crippen LogP contribution in [0.15, 0.2) is 23.6 Å². The first kappa shape index (κ1) is 16.3. The third kappa shape index (κ3) is 3.21. The second-order valence-corrected chi connectivity index (χ2v) is 5.46. The molecule has 1 aromatic heterocycles. The molecule has 0 aliphatic heterocycles. The largest absolute Gasteiger partial charge is 0.493 e. The summed E-state index contributed by atoms with van der Waals surface area (Å²) in [6, 6.07) is 7.35. The van der Waals surface area contributed by atoms with Crippen LogP contribution in [0.1, 0.15) is 10.9 Å². The van der Waals surface area contributed by atoms with Crippen molar-refractivity contribution in [2.75, 3.05) is 20.1 Å². The van der Waals surface area contributed by atoms with Crippen LogP contribution in [-0.2, 0) is 4.79 Å². The minimum Gasteiger partial charge on any atom is -0.493 e. The van der Waals surface area contributed by atoms with Gasteiger partial charge in [0.15, 0.2) is 23.2 Å². The summed E-state index contributed by atoms with van der Waals surface area (Å²) in [5, 5.41) is 11.3. The lowest BCUT2D eigenvalue weighted by Gasteiger charge is -2.08. The molecular weight excluding hydrogens is 324 g/mol. The molecule has 0 saturated heterocycles. The van der Waals surface area contributed by atoms with Gasteiger partial charge in [0.05, 0.1) is 31.9 Å². The molecule has 1 heterocycles. The molecule has 1 aromatic carbocycles. The number of thiazole rings is 1. The fourth-order valence-corrected chi connectivity index (χ4v) is 2.94. The van der Waals surface area contributed by atoms with Crippen LogP contribution < -0.4 is 9.47 Å². The summed E-state index contributed by atoms with van der Waals surface area (Å²) in [6.07, 6.45) is 0. The number of Topliss-reactive ketones (excluding diaryl/α,β-unsaturated/α-hetero) is 1. The summed E-state index contributed by atoms with van der Waals surface area (Å²) in [6.45, 7) is 0. The first-order valence-corrected chi connectivity index (χ1v) is 7.72. The highest BCUT2D eigenvalue weighted by molar-refractivity contribution is 7.10. The molecule has 0 unspecified atom stereocenters. The quantitative estimate of drug-likeness (QED) is 0.757. The fraction of sp³-hybridized carbons (Fsp3) is 0.267. The minimum atomic E-state index is -0.920. The van der Waals surface area contributed by atoms with Gasteiger partial charge in [0.25, 0.3) is 0 Å². The van der Waals surface area contributed by atoms with E-state index in [0.717, 1.165) is 5.56 Å².